The van der Waals surface area contributed by atoms with Crippen LogP contribution in [0.1, 0.15) is 16.5 Å². The van der Waals surface area contributed by atoms with Crippen molar-refractivity contribution in [1.29, 1.82) is 0 Å². The number of halogens is 3. The number of hydrogen-bond donors (Lipinski definition) is 1. The fourth-order valence-electron chi connectivity index (χ4n) is 1.65. The van der Waals surface area contributed by atoms with Crippen molar-refractivity contribution in [3.05, 3.63) is 54.6 Å². The van der Waals surface area contributed by atoms with E-state index < -0.39 is 0 Å². The Labute approximate surface area is 123 Å². The monoisotopic (exact) mass is 349 g/mol. The molecule has 1 aromatic heterocycles. The number of rotatable bonds is 3. The largest absolute Gasteiger partial charge is 0.309 e. The summed E-state index contributed by atoms with van der Waals surface area (Å²) in [5.41, 5.74) is 1.15. The Balaban J connectivity index is 2.38. The van der Waals surface area contributed by atoms with Gasteiger partial charge in [-0.25, -0.2) is 0 Å². The van der Waals surface area contributed by atoms with Crippen LogP contribution in [-0.4, -0.2) is 7.05 Å². The summed E-state index contributed by atoms with van der Waals surface area (Å²) in [6.45, 7) is 0. The molecule has 2 aromatic rings. The summed E-state index contributed by atoms with van der Waals surface area (Å²) in [4.78, 5) is 1.19. The van der Waals surface area contributed by atoms with E-state index in [1.807, 2.05) is 37.4 Å². The van der Waals surface area contributed by atoms with Crippen LogP contribution in [0.15, 0.2) is 34.8 Å². The van der Waals surface area contributed by atoms with Crippen molar-refractivity contribution in [3.8, 4) is 0 Å². The first-order valence-corrected chi connectivity index (χ1v) is 7.36. The van der Waals surface area contributed by atoms with Crippen LogP contribution >= 0.6 is 50.5 Å². The molecule has 90 valence electrons. The van der Waals surface area contributed by atoms with Crippen molar-refractivity contribution in [2.45, 2.75) is 6.04 Å². The second-order valence-electron chi connectivity index (χ2n) is 3.54. The number of hydrogen-bond acceptors (Lipinski definition) is 2. The van der Waals surface area contributed by atoms with Crippen LogP contribution in [0, 0.1) is 0 Å². The maximum absolute atomic E-state index is 5.99. The molecular formula is C12H10BrCl2NS. The minimum Gasteiger partial charge on any atom is -0.309 e. The molecule has 0 saturated heterocycles. The van der Waals surface area contributed by atoms with Gasteiger partial charge in [0.15, 0.2) is 0 Å². The molecule has 1 aromatic carbocycles. The van der Waals surface area contributed by atoms with E-state index in [4.69, 9.17) is 23.2 Å². The summed E-state index contributed by atoms with van der Waals surface area (Å²) in [6, 6.07) is 10.0. The van der Waals surface area contributed by atoms with Gasteiger partial charge in [-0.05, 0) is 52.8 Å². The van der Waals surface area contributed by atoms with Gasteiger partial charge in [0.2, 0.25) is 0 Å². The average Bonchev–Trinajstić information content (AvgIpc) is 2.71. The van der Waals surface area contributed by atoms with Crippen LogP contribution in [0.5, 0.6) is 0 Å². The molecule has 1 atom stereocenters. The Morgan fingerprint density at radius 3 is 2.53 bits per heavy atom. The molecule has 0 spiro atoms. The lowest BCUT2D eigenvalue weighted by Gasteiger charge is -2.15. The third-order valence-corrected chi connectivity index (χ3v) is 4.95. The summed E-state index contributed by atoms with van der Waals surface area (Å²) in [5.74, 6) is 0. The first kappa shape index (κ1) is 13.4. The van der Waals surface area contributed by atoms with Crippen molar-refractivity contribution in [2.24, 2.45) is 0 Å². The third kappa shape index (κ3) is 3.04. The highest BCUT2D eigenvalue weighted by Crippen LogP contribution is 2.33. The first-order chi connectivity index (χ1) is 8.11. The van der Waals surface area contributed by atoms with E-state index in [0.717, 1.165) is 14.4 Å². The van der Waals surface area contributed by atoms with Crippen LogP contribution in [0.3, 0.4) is 0 Å². The standard InChI is InChI=1S/C12H10BrCl2NS/c1-16-12(10-4-5-11(15)17-10)7-2-3-9(14)8(13)6-7/h2-6,12,16H,1H3. The van der Waals surface area contributed by atoms with Gasteiger partial charge in [-0.3, -0.25) is 0 Å². The van der Waals surface area contributed by atoms with Gasteiger partial charge in [0.1, 0.15) is 0 Å². The van der Waals surface area contributed by atoms with Crippen molar-refractivity contribution >= 4 is 50.5 Å². The predicted molar refractivity (Wildman–Crippen MR) is 79.4 cm³/mol. The van der Waals surface area contributed by atoms with Gasteiger partial charge in [-0.1, -0.05) is 29.3 Å². The van der Waals surface area contributed by atoms with Crippen molar-refractivity contribution in [3.63, 3.8) is 0 Å². The molecule has 1 nitrogen and oxygen atoms in total. The zero-order valence-electron chi connectivity index (χ0n) is 9.01. The molecule has 0 amide bonds. The maximum atomic E-state index is 5.99. The Bertz CT molecular complexity index is 527. The molecule has 0 aliphatic rings. The molecule has 0 fully saturated rings. The highest BCUT2D eigenvalue weighted by Gasteiger charge is 2.15. The normalized spacial score (nSPS) is 12.7. The molecule has 0 aliphatic carbocycles. The summed E-state index contributed by atoms with van der Waals surface area (Å²) in [5, 5.41) is 4.00. The molecular weight excluding hydrogens is 341 g/mol. The van der Waals surface area contributed by atoms with Gasteiger partial charge in [-0.15, -0.1) is 11.3 Å². The Hall–Kier alpha value is -0.0600. The predicted octanol–water partition coefficient (Wildman–Crippen LogP) is 5.13. The quantitative estimate of drug-likeness (QED) is 0.809. The molecule has 0 saturated carbocycles. The lowest BCUT2D eigenvalue weighted by molar-refractivity contribution is 0.703. The molecule has 2 rings (SSSR count). The minimum absolute atomic E-state index is 0.140. The van der Waals surface area contributed by atoms with Gasteiger partial charge in [0, 0.05) is 9.35 Å². The fourth-order valence-corrected chi connectivity index (χ4v) is 3.36. The zero-order valence-corrected chi connectivity index (χ0v) is 12.9. The van der Waals surface area contributed by atoms with E-state index in [9.17, 15) is 0 Å². The van der Waals surface area contributed by atoms with E-state index in [-0.39, 0.29) is 6.04 Å². The fraction of sp³-hybridized carbons (Fsp3) is 0.167. The van der Waals surface area contributed by atoms with E-state index in [0.29, 0.717) is 5.02 Å². The molecule has 0 radical (unpaired) electrons. The van der Waals surface area contributed by atoms with Gasteiger partial charge in [0.25, 0.3) is 0 Å². The number of benzene rings is 1. The molecule has 0 bridgehead atoms. The topological polar surface area (TPSA) is 12.0 Å². The van der Waals surface area contributed by atoms with Crippen molar-refractivity contribution < 1.29 is 0 Å². The summed E-state index contributed by atoms with van der Waals surface area (Å²) >= 11 is 17.0. The molecule has 17 heavy (non-hydrogen) atoms. The summed E-state index contributed by atoms with van der Waals surface area (Å²) in [6.07, 6.45) is 0. The second-order valence-corrected chi connectivity index (χ2v) is 6.55. The van der Waals surface area contributed by atoms with Crippen LogP contribution < -0.4 is 5.32 Å². The van der Waals surface area contributed by atoms with Crippen LogP contribution in [0.2, 0.25) is 9.36 Å². The van der Waals surface area contributed by atoms with E-state index in [1.54, 1.807) is 11.3 Å². The Kier molecular flexibility index (Phi) is 4.50. The van der Waals surface area contributed by atoms with Crippen LogP contribution in [-0.2, 0) is 0 Å². The Morgan fingerprint density at radius 2 is 2.00 bits per heavy atom. The van der Waals surface area contributed by atoms with Gasteiger partial charge < -0.3 is 5.32 Å². The van der Waals surface area contributed by atoms with E-state index in [1.165, 1.54) is 4.88 Å². The molecule has 1 N–H and O–H groups in total. The lowest BCUT2D eigenvalue weighted by atomic mass is 10.1. The molecule has 1 unspecified atom stereocenters. The second kappa shape index (κ2) is 5.72. The zero-order chi connectivity index (χ0) is 12.4. The molecule has 0 aliphatic heterocycles. The van der Waals surface area contributed by atoms with Crippen molar-refractivity contribution in [1.82, 2.24) is 5.32 Å². The molecule has 5 heteroatoms. The van der Waals surface area contributed by atoms with E-state index >= 15 is 0 Å². The SMILES string of the molecule is CNC(c1ccc(Cl)c(Br)c1)c1ccc(Cl)s1. The summed E-state index contributed by atoms with van der Waals surface area (Å²) in [7, 11) is 1.93. The first-order valence-electron chi connectivity index (χ1n) is 4.99. The van der Waals surface area contributed by atoms with Gasteiger partial charge >= 0.3 is 0 Å². The lowest BCUT2D eigenvalue weighted by Crippen LogP contribution is -2.16. The highest BCUT2D eigenvalue weighted by molar-refractivity contribution is 9.10. The van der Waals surface area contributed by atoms with Crippen LogP contribution in [0.4, 0.5) is 0 Å². The van der Waals surface area contributed by atoms with Gasteiger partial charge in [0.05, 0.1) is 15.4 Å². The molecule has 1 heterocycles. The summed E-state index contributed by atoms with van der Waals surface area (Å²) < 4.78 is 1.70. The van der Waals surface area contributed by atoms with Crippen LogP contribution in [0.25, 0.3) is 0 Å². The smallest absolute Gasteiger partial charge is 0.0931 e. The van der Waals surface area contributed by atoms with Gasteiger partial charge in [-0.2, -0.15) is 0 Å². The highest BCUT2D eigenvalue weighted by atomic mass is 79.9. The Morgan fingerprint density at radius 1 is 1.24 bits per heavy atom. The number of nitrogens with one attached hydrogen (secondary N) is 1. The average molecular weight is 351 g/mol. The van der Waals surface area contributed by atoms with E-state index in [2.05, 4.69) is 21.2 Å². The number of thiophene rings is 1. The third-order valence-electron chi connectivity index (χ3n) is 2.44. The maximum Gasteiger partial charge on any atom is 0.0931 e. The minimum atomic E-state index is 0.140. The van der Waals surface area contributed by atoms with Crippen molar-refractivity contribution in [2.75, 3.05) is 7.05 Å².